The minimum absolute atomic E-state index is 0.0218. The molecule has 0 bridgehead atoms. The summed E-state index contributed by atoms with van der Waals surface area (Å²) >= 11 is 1.72. The lowest BCUT2D eigenvalue weighted by Crippen LogP contribution is -2.12. The Hall–Kier alpha value is -2.07. The van der Waals surface area contributed by atoms with Crippen LogP contribution in [0.15, 0.2) is 53.4 Å². The van der Waals surface area contributed by atoms with Gasteiger partial charge < -0.3 is 5.32 Å². The van der Waals surface area contributed by atoms with Crippen LogP contribution in [0.25, 0.3) is 0 Å². The molecule has 0 spiro atoms. The van der Waals surface area contributed by atoms with Crippen molar-refractivity contribution in [3.05, 3.63) is 59.7 Å². The number of nitrogens with one attached hydrogen (secondary N) is 1. The van der Waals surface area contributed by atoms with E-state index in [1.54, 1.807) is 42.1 Å². The van der Waals surface area contributed by atoms with Crippen molar-refractivity contribution in [3.63, 3.8) is 0 Å². The third-order valence-corrected chi connectivity index (χ3v) is 3.99. The maximum Gasteiger partial charge on any atom is 0.255 e. The molecule has 114 valence electrons. The number of carbonyl (C=O) groups is 2. The molecule has 1 amide bonds. The predicted octanol–water partition coefficient (Wildman–Crippen LogP) is 4.64. The summed E-state index contributed by atoms with van der Waals surface area (Å²) in [5.41, 5.74) is 1.82. The average molecular weight is 313 g/mol. The van der Waals surface area contributed by atoms with Gasteiger partial charge in [0.1, 0.15) is 0 Å². The van der Waals surface area contributed by atoms with Crippen molar-refractivity contribution < 1.29 is 9.59 Å². The zero-order valence-corrected chi connectivity index (χ0v) is 13.7. The first-order valence-corrected chi connectivity index (χ1v) is 8.03. The van der Waals surface area contributed by atoms with Crippen LogP contribution in [0.2, 0.25) is 0 Å². The van der Waals surface area contributed by atoms with E-state index in [1.807, 2.05) is 18.2 Å². The van der Waals surface area contributed by atoms with Gasteiger partial charge in [0.05, 0.1) is 0 Å². The number of anilines is 1. The highest BCUT2D eigenvalue weighted by Crippen LogP contribution is 2.24. The standard InChI is InChI=1S/C18H19NO2S/c1-12(2)22-17-9-5-7-15(11-17)18(21)19-16-8-4-6-14(10-16)13(3)20/h4-12H,1-3H3,(H,19,21). The van der Waals surface area contributed by atoms with Crippen LogP contribution >= 0.6 is 11.8 Å². The molecule has 0 saturated heterocycles. The Morgan fingerprint density at radius 1 is 1.00 bits per heavy atom. The molecule has 0 aliphatic heterocycles. The molecule has 2 aromatic carbocycles. The molecule has 2 rings (SSSR count). The monoisotopic (exact) mass is 313 g/mol. The van der Waals surface area contributed by atoms with Crippen LogP contribution in [0.5, 0.6) is 0 Å². The Kier molecular flexibility index (Phi) is 5.39. The molecule has 2 aromatic rings. The molecule has 0 heterocycles. The summed E-state index contributed by atoms with van der Waals surface area (Å²) in [7, 11) is 0. The number of rotatable bonds is 5. The van der Waals surface area contributed by atoms with E-state index in [-0.39, 0.29) is 11.7 Å². The third kappa shape index (κ3) is 4.46. The van der Waals surface area contributed by atoms with Crippen LogP contribution in [-0.2, 0) is 0 Å². The fourth-order valence-electron chi connectivity index (χ4n) is 2.00. The normalized spacial score (nSPS) is 10.5. The first kappa shape index (κ1) is 16.3. The molecule has 0 saturated carbocycles. The number of thioether (sulfide) groups is 1. The van der Waals surface area contributed by atoms with Crippen molar-refractivity contribution in [3.8, 4) is 0 Å². The van der Waals surface area contributed by atoms with Crippen molar-refractivity contribution in [1.29, 1.82) is 0 Å². The summed E-state index contributed by atoms with van der Waals surface area (Å²) in [6, 6.07) is 14.5. The van der Waals surface area contributed by atoms with Gasteiger partial charge in [-0.25, -0.2) is 0 Å². The first-order chi connectivity index (χ1) is 10.5. The fourth-order valence-corrected chi connectivity index (χ4v) is 2.90. The van der Waals surface area contributed by atoms with E-state index in [1.165, 1.54) is 6.92 Å². The number of hydrogen-bond acceptors (Lipinski definition) is 3. The van der Waals surface area contributed by atoms with E-state index in [9.17, 15) is 9.59 Å². The van der Waals surface area contributed by atoms with Crippen LogP contribution in [-0.4, -0.2) is 16.9 Å². The Bertz CT molecular complexity index is 695. The Balaban J connectivity index is 2.15. The second-order valence-electron chi connectivity index (χ2n) is 5.29. The number of hydrogen-bond donors (Lipinski definition) is 1. The van der Waals surface area contributed by atoms with Crippen LogP contribution in [0.4, 0.5) is 5.69 Å². The van der Waals surface area contributed by atoms with Gasteiger partial charge in [0.2, 0.25) is 0 Å². The summed E-state index contributed by atoms with van der Waals surface area (Å²) in [6.45, 7) is 5.74. The summed E-state index contributed by atoms with van der Waals surface area (Å²) in [5, 5.41) is 3.30. The average Bonchev–Trinajstić information content (AvgIpc) is 2.47. The van der Waals surface area contributed by atoms with E-state index in [4.69, 9.17) is 0 Å². The maximum absolute atomic E-state index is 12.3. The van der Waals surface area contributed by atoms with E-state index >= 15 is 0 Å². The zero-order chi connectivity index (χ0) is 16.1. The molecule has 22 heavy (non-hydrogen) atoms. The zero-order valence-electron chi connectivity index (χ0n) is 12.9. The molecule has 0 aliphatic carbocycles. The van der Waals surface area contributed by atoms with Crippen LogP contribution in [0.3, 0.4) is 0 Å². The highest BCUT2D eigenvalue weighted by molar-refractivity contribution is 7.99. The molecule has 0 aromatic heterocycles. The van der Waals surface area contributed by atoms with Crippen LogP contribution in [0, 0.1) is 0 Å². The van der Waals surface area contributed by atoms with Gasteiger partial charge in [-0.3, -0.25) is 9.59 Å². The molecular formula is C18H19NO2S. The summed E-state index contributed by atoms with van der Waals surface area (Å²) < 4.78 is 0. The Morgan fingerprint density at radius 3 is 2.36 bits per heavy atom. The van der Waals surface area contributed by atoms with E-state index in [0.717, 1.165) is 4.90 Å². The van der Waals surface area contributed by atoms with Gasteiger partial charge in [-0.05, 0) is 37.3 Å². The lowest BCUT2D eigenvalue weighted by molar-refractivity contribution is 0.101. The third-order valence-electron chi connectivity index (χ3n) is 2.99. The SMILES string of the molecule is CC(=O)c1cccc(NC(=O)c2cccc(SC(C)C)c2)c1. The maximum atomic E-state index is 12.3. The summed E-state index contributed by atoms with van der Waals surface area (Å²) in [5.74, 6) is -0.196. The molecular weight excluding hydrogens is 294 g/mol. The van der Waals surface area contributed by atoms with Crippen molar-refractivity contribution in [2.24, 2.45) is 0 Å². The highest BCUT2D eigenvalue weighted by Gasteiger charge is 2.09. The Morgan fingerprint density at radius 2 is 1.68 bits per heavy atom. The largest absolute Gasteiger partial charge is 0.322 e. The molecule has 4 heteroatoms. The summed E-state index contributed by atoms with van der Waals surface area (Å²) in [4.78, 5) is 24.8. The minimum Gasteiger partial charge on any atom is -0.322 e. The molecule has 1 N–H and O–H groups in total. The van der Waals surface area contributed by atoms with Gasteiger partial charge >= 0.3 is 0 Å². The van der Waals surface area contributed by atoms with Gasteiger partial charge in [0.15, 0.2) is 5.78 Å². The van der Waals surface area contributed by atoms with E-state index in [2.05, 4.69) is 19.2 Å². The molecule has 0 fully saturated rings. The second kappa shape index (κ2) is 7.27. The lowest BCUT2D eigenvalue weighted by Gasteiger charge is -2.09. The number of amides is 1. The van der Waals surface area contributed by atoms with Crippen LogP contribution in [0.1, 0.15) is 41.5 Å². The first-order valence-electron chi connectivity index (χ1n) is 7.15. The number of Topliss-reactive ketones (excluding diaryl/α,β-unsaturated/α-hetero) is 1. The molecule has 3 nitrogen and oxygen atoms in total. The van der Waals surface area contributed by atoms with E-state index < -0.39 is 0 Å². The second-order valence-corrected chi connectivity index (χ2v) is 6.94. The van der Waals surface area contributed by atoms with Crippen molar-refractivity contribution >= 4 is 29.1 Å². The van der Waals surface area contributed by atoms with Gasteiger partial charge in [0.25, 0.3) is 5.91 Å². The van der Waals surface area contributed by atoms with Gasteiger partial charge in [-0.1, -0.05) is 32.0 Å². The molecule has 0 aliphatic rings. The topological polar surface area (TPSA) is 46.2 Å². The van der Waals surface area contributed by atoms with Crippen molar-refractivity contribution in [2.45, 2.75) is 30.9 Å². The van der Waals surface area contributed by atoms with Gasteiger partial charge in [-0.15, -0.1) is 11.8 Å². The van der Waals surface area contributed by atoms with Crippen LogP contribution < -0.4 is 5.32 Å². The van der Waals surface area contributed by atoms with Gasteiger partial charge in [-0.2, -0.15) is 0 Å². The van der Waals surface area contributed by atoms with Gasteiger partial charge in [0, 0.05) is 27.0 Å². The Labute approximate surface area is 135 Å². The quantitative estimate of drug-likeness (QED) is 0.646. The number of benzene rings is 2. The summed E-state index contributed by atoms with van der Waals surface area (Å²) in [6.07, 6.45) is 0. The van der Waals surface area contributed by atoms with Crippen molar-refractivity contribution in [1.82, 2.24) is 0 Å². The molecule has 0 unspecified atom stereocenters. The lowest BCUT2D eigenvalue weighted by atomic mass is 10.1. The molecule has 0 radical (unpaired) electrons. The predicted molar refractivity (Wildman–Crippen MR) is 91.8 cm³/mol. The smallest absolute Gasteiger partial charge is 0.255 e. The number of carbonyl (C=O) groups excluding carboxylic acids is 2. The fraction of sp³-hybridized carbons (Fsp3) is 0.222. The van der Waals surface area contributed by atoms with E-state index in [0.29, 0.717) is 22.1 Å². The number of ketones is 1. The highest BCUT2D eigenvalue weighted by atomic mass is 32.2. The van der Waals surface area contributed by atoms with Crippen molar-refractivity contribution in [2.75, 3.05) is 5.32 Å². The molecule has 0 atom stereocenters. The minimum atomic E-state index is -0.174.